The van der Waals surface area contributed by atoms with Crippen molar-refractivity contribution in [3.05, 3.63) is 72.6 Å². The van der Waals surface area contributed by atoms with Gasteiger partial charge >= 0.3 is 6.09 Å². The summed E-state index contributed by atoms with van der Waals surface area (Å²) in [5.41, 5.74) is 3.66. The summed E-state index contributed by atoms with van der Waals surface area (Å²) in [7, 11) is 1.30. The number of nitrogens with zero attached hydrogens (tertiary/aromatic N) is 4. The van der Waals surface area contributed by atoms with Gasteiger partial charge in [0.15, 0.2) is 17.2 Å². The average molecular weight is 399 g/mol. The predicted octanol–water partition coefficient (Wildman–Crippen LogP) is 4.27. The Morgan fingerprint density at radius 1 is 1.03 bits per heavy atom. The second-order valence-corrected chi connectivity index (χ2v) is 6.25. The maximum absolute atomic E-state index is 11.4. The van der Waals surface area contributed by atoms with Crippen molar-refractivity contribution in [2.24, 2.45) is 0 Å². The summed E-state index contributed by atoms with van der Waals surface area (Å²) in [4.78, 5) is 15.8. The summed E-state index contributed by atoms with van der Waals surface area (Å²) in [6.45, 7) is 0. The third kappa shape index (κ3) is 3.98. The number of para-hydroxylation sites is 1. The number of amides is 1. The Balaban J connectivity index is 1.70. The molecule has 0 radical (unpaired) electrons. The first-order chi connectivity index (χ1) is 14.7. The summed E-state index contributed by atoms with van der Waals surface area (Å²) in [6, 6.07) is 20.6. The van der Waals surface area contributed by atoms with Gasteiger partial charge in [-0.15, -0.1) is 5.10 Å². The summed E-state index contributed by atoms with van der Waals surface area (Å²) < 4.78 is 6.09. The van der Waals surface area contributed by atoms with E-state index in [0.29, 0.717) is 34.2 Å². The van der Waals surface area contributed by atoms with Crippen molar-refractivity contribution in [1.82, 2.24) is 14.6 Å². The van der Waals surface area contributed by atoms with Crippen LogP contribution >= 0.6 is 0 Å². The molecular weight excluding hydrogens is 382 g/mol. The van der Waals surface area contributed by atoms with Gasteiger partial charge in [0.05, 0.1) is 19.0 Å². The molecule has 2 aromatic heterocycles. The molecular formula is C21H17N7O2. The minimum absolute atomic E-state index is 0.311. The number of fused-ring (bicyclic) bond motifs is 1. The average Bonchev–Trinajstić information content (AvgIpc) is 3.18. The Hall–Kier alpha value is -4.58. The van der Waals surface area contributed by atoms with Crippen LogP contribution in [0.5, 0.6) is 0 Å². The van der Waals surface area contributed by atoms with Crippen molar-refractivity contribution in [2.75, 3.05) is 23.1 Å². The van der Waals surface area contributed by atoms with E-state index in [0.717, 1.165) is 5.69 Å². The van der Waals surface area contributed by atoms with Crippen LogP contribution in [0.15, 0.2) is 66.9 Å². The molecule has 9 nitrogen and oxygen atoms in total. The molecule has 9 heteroatoms. The normalized spacial score (nSPS) is 10.3. The molecule has 0 fully saturated rings. The number of hydrogen-bond donors (Lipinski definition) is 3. The monoisotopic (exact) mass is 399 g/mol. The van der Waals surface area contributed by atoms with Crippen LogP contribution in [0, 0.1) is 11.3 Å². The fourth-order valence-electron chi connectivity index (χ4n) is 2.87. The molecule has 30 heavy (non-hydrogen) atoms. The highest BCUT2D eigenvalue weighted by Crippen LogP contribution is 2.26. The molecule has 1 amide bonds. The lowest BCUT2D eigenvalue weighted by Crippen LogP contribution is -2.11. The number of aromatic nitrogens is 3. The lowest BCUT2D eigenvalue weighted by Gasteiger charge is -2.12. The lowest BCUT2D eigenvalue weighted by molar-refractivity contribution is 0.187. The van der Waals surface area contributed by atoms with Gasteiger partial charge in [-0.05, 0) is 30.3 Å². The highest BCUT2D eigenvalue weighted by atomic mass is 16.5. The number of imidazole rings is 1. The van der Waals surface area contributed by atoms with Gasteiger partial charge in [0.2, 0.25) is 0 Å². The fraction of sp³-hybridized carbons (Fsp3) is 0.0476. The Labute approximate surface area is 171 Å². The maximum atomic E-state index is 11.4. The molecule has 0 unspecified atom stereocenters. The third-order valence-electron chi connectivity index (χ3n) is 4.20. The standard InChI is InChI=1S/C21H17N7O2/c1-30-21(29)26-16-9-5-8-15(10-16)25-19-11-18(24-14-6-3-2-4-7-14)20-23-13-17(12-22)28(20)27-19/h2-11,13,24H,1H3,(H,25,27)(H,26,29). The van der Waals surface area contributed by atoms with Crippen LogP contribution in [-0.4, -0.2) is 27.8 Å². The Bertz CT molecular complexity index is 1250. The number of carbonyl (C=O) groups is 1. The van der Waals surface area contributed by atoms with Crippen LogP contribution in [0.25, 0.3) is 5.65 Å². The quantitative estimate of drug-likeness (QED) is 0.459. The molecule has 0 atom stereocenters. The lowest BCUT2D eigenvalue weighted by atomic mass is 10.2. The minimum Gasteiger partial charge on any atom is -0.453 e. The van der Waals surface area contributed by atoms with Crippen LogP contribution in [0.3, 0.4) is 0 Å². The van der Waals surface area contributed by atoms with Gasteiger partial charge in [-0.3, -0.25) is 5.32 Å². The van der Waals surface area contributed by atoms with Crippen LogP contribution in [0.2, 0.25) is 0 Å². The van der Waals surface area contributed by atoms with E-state index in [1.165, 1.54) is 17.8 Å². The molecule has 148 valence electrons. The predicted molar refractivity (Wildman–Crippen MR) is 113 cm³/mol. The number of methoxy groups -OCH3 is 1. The van der Waals surface area contributed by atoms with Crippen LogP contribution < -0.4 is 16.0 Å². The van der Waals surface area contributed by atoms with E-state index in [1.54, 1.807) is 24.3 Å². The van der Waals surface area contributed by atoms with Crippen molar-refractivity contribution in [2.45, 2.75) is 0 Å². The summed E-state index contributed by atoms with van der Waals surface area (Å²) in [6.07, 6.45) is 0.918. The van der Waals surface area contributed by atoms with Crippen LogP contribution in [-0.2, 0) is 4.74 Å². The van der Waals surface area contributed by atoms with Crippen LogP contribution in [0.1, 0.15) is 5.69 Å². The Morgan fingerprint density at radius 3 is 2.57 bits per heavy atom. The van der Waals surface area contributed by atoms with Gasteiger partial charge in [-0.1, -0.05) is 24.3 Å². The first-order valence-corrected chi connectivity index (χ1v) is 8.99. The second kappa shape index (κ2) is 8.20. The molecule has 0 bridgehead atoms. The second-order valence-electron chi connectivity index (χ2n) is 6.25. The maximum Gasteiger partial charge on any atom is 0.411 e. The number of ether oxygens (including phenoxy) is 1. The first kappa shape index (κ1) is 18.8. The fourth-order valence-corrected chi connectivity index (χ4v) is 2.87. The van der Waals surface area contributed by atoms with E-state index in [-0.39, 0.29) is 0 Å². The SMILES string of the molecule is COC(=O)Nc1cccc(Nc2cc(Nc3ccccc3)c3ncc(C#N)n3n2)c1. The molecule has 2 aromatic carbocycles. The van der Waals surface area contributed by atoms with E-state index in [9.17, 15) is 10.1 Å². The van der Waals surface area contributed by atoms with Gasteiger partial charge in [-0.25, -0.2) is 9.78 Å². The third-order valence-corrected chi connectivity index (χ3v) is 4.20. The van der Waals surface area contributed by atoms with E-state index < -0.39 is 6.09 Å². The summed E-state index contributed by atoms with van der Waals surface area (Å²) in [5.74, 6) is 0.491. The van der Waals surface area contributed by atoms with Gasteiger partial charge in [-0.2, -0.15) is 9.78 Å². The number of benzene rings is 2. The van der Waals surface area contributed by atoms with Crippen molar-refractivity contribution in [3.63, 3.8) is 0 Å². The Kier molecular flexibility index (Phi) is 5.13. The molecule has 0 saturated carbocycles. The molecule has 0 spiro atoms. The Morgan fingerprint density at radius 2 is 1.80 bits per heavy atom. The number of carbonyl (C=O) groups excluding carboxylic acids is 1. The molecule has 2 heterocycles. The van der Waals surface area contributed by atoms with Gasteiger partial charge in [0.1, 0.15) is 6.07 Å². The van der Waals surface area contributed by atoms with Crippen molar-refractivity contribution in [1.29, 1.82) is 5.26 Å². The zero-order chi connectivity index (χ0) is 20.9. The number of rotatable bonds is 5. The van der Waals surface area contributed by atoms with Crippen molar-refractivity contribution < 1.29 is 9.53 Å². The number of anilines is 5. The smallest absolute Gasteiger partial charge is 0.411 e. The zero-order valence-electron chi connectivity index (χ0n) is 16.0. The van der Waals surface area contributed by atoms with Crippen LogP contribution in [0.4, 0.5) is 33.4 Å². The van der Waals surface area contributed by atoms with Gasteiger partial charge < -0.3 is 15.4 Å². The number of nitriles is 1. The number of hydrogen-bond acceptors (Lipinski definition) is 7. The van der Waals surface area contributed by atoms with Gasteiger partial charge in [0, 0.05) is 23.1 Å². The zero-order valence-corrected chi connectivity index (χ0v) is 16.0. The molecule has 4 rings (SSSR count). The molecule has 4 aromatic rings. The molecule has 0 aliphatic rings. The highest BCUT2D eigenvalue weighted by molar-refractivity contribution is 5.85. The van der Waals surface area contributed by atoms with Crippen molar-refractivity contribution in [3.8, 4) is 6.07 Å². The molecule has 0 aliphatic heterocycles. The molecule has 0 aliphatic carbocycles. The first-order valence-electron chi connectivity index (χ1n) is 8.99. The molecule has 3 N–H and O–H groups in total. The van der Waals surface area contributed by atoms with E-state index in [2.05, 4.69) is 36.8 Å². The molecule has 0 saturated heterocycles. The van der Waals surface area contributed by atoms with E-state index >= 15 is 0 Å². The van der Waals surface area contributed by atoms with E-state index in [1.807, 2.05) is 36.4 Å². The van der Waals surface area contributed by atoms with Crippen molar-refractivity contribution >= 4 is 40.3 Å². The topological polar surface area (TPSA) is 116 Å². The van der Waals surface area contributed by atoms with Gasteiger partial charge in [0.25, 0.3) is 0 Å². The number of nitrogens with one attached hydrogen (secondary N) is 3. The summed E-state index contributed by atoms with van der Waals surface area (Å²) >= 11 is 0. The summed E-state index contributed by atoms with van der Waals surface area (Å²) in [5, 5.41) is 23.0. The van der Waals surface area contributed by atoms with E-state index in [4.69, 9.17) is 0 Å². The highest BCUT2D eigenvalue weighted by Gasteiger charge is 2.12. The largest absolute Gasteiger partial charge is 0.453 e. The minimum atomic E-state index is -0.557.